The lowest BCUT2D eigenvalue weighted by atomic mass is 10.1. The Bertz CT molecular complexity index is 388. The molecule has 3 heteroatoms. The standard InChI is InChI=1S/C14H18FNO/c1-2-3-14(17)11-4-6-13(7-5-11)16-9-8-12(15)10-16/h4-7,12H,2-3,8-10H2,1H3/t12-/m0/s1. The monoisotopic (exact) mass is 235 g/mol. The first-order valence-electron chi connectivity index (χ1n) is 6.23. The van der Waals surface area contributed by atoms with Crippen LogP contribution in [-0.4, -0.2) is 25.0 Å². The van der Waals surface area contributed by atoms with Gasteiger partial charge in [0.05, 0.1) is 0 Å². The fourth-order valence-corrected chi connectivity index (χ4v) is 2.18. The molecule has 1 atom stereocenters. The molecule has 1 aliphatic rings. The highest BCUT2D eigenvalue weighted by Gasteiger charge is 2.21. The maximum Gasteiger partial charge on any atom is 0.162 e. The number of Topliss-reactive ketones (excluding diaryl/α,β-unsaturated/α-hetero) is 1. The highest BCUT2D eigenvalue weighted by molar-refractivity contribution is 5.96. The highest BCUT2D eigenvalue weighted by atomic mass is 19.1. The van der Waals surface area contributed by atoms with Crippen molar-refractivity contribution in [2.75, 3.05) is 18.0 Å². The van der Waals surface area contributed by atoms with Crippen molar-refractivity contribution >= 4 is 11.5 Å². The van der Waals surface area contributed by atoms with E-state index in [0.717, 1.165) is 24.2 Å². The maximum absolute atomic E-state index is 13.1. The average Bonchev–Trinajstić information content (AvgIpc) is 2.76. The maximum atomic E-state index is 13.1. The molecule has 0 bridgehead atoms. The van der Waals surface area contributed by atoms with E-state index in [1.54, 1.807) is 0 Å². The molecule has 0 N–H and O–H groups in total. The summed E-state index contributed by atoms with van der Waals surface area (Å²) in [4.78, 5) is 13.7. The SMILES string of the molecule is CCCC(=O)c1ccc(N2CC[C@H](F)C2)cc1. The summed E-state index contributed by atoms with van der Waals surface area (Å²) in [7, 11) is 0. The molecule has 0 aliphatic carbocycles. The number of benzene rings is 1. The smallest absolute Gasteiger partial charge is 0.162 e. The molecule has 92 valence electrons. The lowest BCUT2D eigenvalue weighted by Gasteiger charge is -2.17. The van der Waals surface area contributed by atoms with Gasteiger partial charge in [-0.25, -0.2) is 4.39 Å². The highest BCUT2D eigenvalue weighted by Crippen LogP contribution is 2.22. The topological polar surface area (TPSA) is 20.3 Å². The number of alkyl halides is 1. The van der Waals surface area contributed by atoms with Crippen molar-refractivity contribution in [2.45, 2.75) is 32.4 Å². The Morgan fingerprint density at radius 3 is 2.65 bits per heavy atom. The van der Waals surface area contributed by atoms with Crippen LogP contribution in [-0.2, 0) is 0 Å². The summed E-state index contributed by atoms with van der Waals surface area (Å²) in [5.41, 5.74) is 1.77. The summed E-state index contributed by atoms with van der Waals surface area (Å²) >= 11 is 0. The van der Waals surface area contributed by atoms with Gasteiger partial charge in [0, 0.05) is 30.8 Å². The van der Waals surface area contributed by atoms with Crippen molar-refractivity contribution in [1.82, 2.24) is 0 Å². The van der Waals surface area contributed by atoms with Crippen molar-refractivity contribution in [3.63, 3.8) is 0 Å². The summed E-state index contributed by atoms with van der Waals surface area (Å²) in [6.45, 7) is 3.24. The first-order chi connectivity index (χ1) is 8.20. The molecule has 1 saturated heterocycles. The number of hydrogen-bond acceptors (Lipinski definition) is 2. The molecule has 1 heterocycles. The number of ketones is 1. The molecule has 0 radical (unpaired) electrons. The molecule has 17 heavy (non-hydrogen) atoms. The summed E-state index contributed by atoms with van der Waals surface area (Å²) < 4.78 is 13.1. The number of hydrogen-bond donors (Lipinski definition) is 0. The van der Waals surface area contributed by atoms with Crippen LogP contribution in [0.3, 0.4) is 0 Å². The van der Waals surface area contributed by atoms with Crippen molar-refractivity contribution in [3.05, 3.63) is 29.8 Å². The Morgan fingerprint density at radius 1 is 1.41 bits per heavy atom. The van der Waals surface area contributed by atoms with Crippen LogP contribution in [0, 0.1) is 0 Å². The van der Waals surface area contributed by atoms with E-state index in [1.165, 1.54) is 0 Å². The van der Waals surface area contributed by atoms with Crippen LogP contribution in [0.1, 0.15) is 36.5 Å². The van der Waals surface area contributed by atoms with E-state index in [1.807, 2.05) is 36.1 Å². The molecule has 1 fully saturated rings. The van der Waals surface area contributed by atoms with Crippen LogP contribution in [0.5, 0.6) is 0 Å². The molecule has 1 aliphatic heterocycles. The van der Waals surface area contributed by atoms with Gasteiger partial charge in [0.1, 0.15) is 6.17 Å². The molecular weight excluding hydrogens is 217 g/mol. The fraction of sp³-hybridized carbons (Fsp3) is 0.500. The predicted octanol–water partition coefficient (Wildman–Crippen LogP) is 3.22. The van der Waals surface area contributed by atoms with Gasteiger partial charge in [-0.3, -0.25) is 4.79 Å². The van der Waals surface area contributed by atoms with Gasteiger partial charge in [-0.15, -0.1) is 0 Å². The van der Waals surface area contributed by atoms with Crippen molar-refractivity contribution in [3.8, 4) is 0 Å². The zero-order valence-electron chi connectivity index (χ0n) is 10.2. The Balaban J connectivity index is 2.05. The number of anilines is 1. The first-order valence-corrected chi connectivity index (χ1v) is 6.23. The zero-order valence-corrected chi connectivity index (χ0v) is 10.2. The van der Waals surface area contributed by atoms with E-state index < -0.39 is 6.17 Å². The minimum absolute atomic E-state index is 0.184. The van der Waals surface area contributed by atoms with Crippen LogP contribution in [0.2, 0.25) is 0 Å². The van der Waals surface area contributed by atoms with Crippen molar-refractivity contribution in [2.24, 2.45) is 0 Å². The molecule has 1 aromatic carbocycles. The lowest BCUT2D eigenvalue weighted by molar-refractivity contribution is 0.0982. The number of halogens is 1. The van der Waals surface area contributed by atoms with Gasteiger partial charge in [-0.1, -0.05) is 6.92 Å². The molecular formula is C14H18FNO. The Hall–Kier alpha value is -1.38. The number of nitrogens with zero attached hydrogens (tertiary/aromatic N) is 1. The molecule has 0 unspecified atom stereocenters. The lowest BCUT2D eigenvalue weighted by Crippen LogP contribution is -2.19. The van der Waals surface area contributed by atoms with E-state index in [0.29, 0.717) is 19.4 Å². The van der Waals surface area contributed by atoms with Crippen LogP contribution >= 0.6 is 0 Å². The molecule has 2 rings (SSSR count). The number of carbonyl (C=O) groups excluding carboxylic acids is 1. The average molecular weight is 235 g/mol. The second kappa shape index (κ2) is 5.30. The van der Waals surface area contributed by atoms with E-state index >= 15 is 0 Å². The molecule has 0 aromatic heterocycles. The largest absolute Gasteiger partial charge is 0.369 e. The minimum Gasteiger partial charge on any atom is -0.369 e. The zero-order chi connectivity index (χ0) is 12.3. The third kappa shape index (κ3) is 2.84. The predicted molar refractivity (Wildman–Crippen MR) is 67.4 cm³/mol. The minimum atomic E-state index is -0.712. The quantitative estimate of drug-likeness (QED) is 0.747. The summed E-state index contributed by atoms with van der Waals surface area (Å²) in [5.74, 6) is 0.184. The summed E-state index contributed by atoms with van der Waals surface area (Å²) in [6.07, 6.45) is 1.36. The summed E-state index contributed by atoms with van der Waals surface area (Å²) in [6, 6.07) is 7.53. The van der Waals surface area contributed by atoms with Gasteiger partial charge in [0.15, 0.2) is 5.78 Å². The van der Waals surface area contributed by atoms with Gasteiger partial charge in [-0.05, 0) is 37.1 Å². The van der Waals surface area contributed by atoms with E-state index in [4.69, 9.17) is 0 Å². The van der Waals surface area contributed by atoms with Crippen LogP contribution in [0.15, 0.2) is 24.3 Å². The Labute approximate surface area is 101 Å². The third-order valence-electron chi connectivity index (χ3n) is 3.16. The van der Waals surface area contributed by atoms with Crippen LogP contribution in [0.25, 0.3) is 0 Å². The van der Waals surface area contributed by atoms with Crippen LogP contribution in [0.4, 0.5) is 10.1 Å². The van der Waals surface area contributed by atoms with E-state index in [9.17, 15) is 9.18 Å². The van der Waals surface area contributed by atoms with Crippen molar-refractivity contribution < 1.29 is 9.18 Å². The van der Waals surface area contributed by atoms with E-state index in [2.05, 4.69) is 0 Å². The number of rotatable bonds is 4. The van der Waals surface area contributed by atoms with Gasteiger partial charge in [0.25, 0.3) is 0 Å². The first kappa shape index (κ1) is 12.1. The molecule has 0 amide bonds. The second-order valence-electron chi connectivity index (χ2n) is 4.55. The number of carbonyl (C=O) groups is 1. The third-order valence-corrected chi connectivity index (χ3v) is 3.16. The summed E-state index contributed by atoms with van der Waals surface area (Å²) in [5, 5.41) is 0. The molecule has 1 aromatic rings. The second-order valence-corrected chi connectivity index (χ2v) is 4.55. The Morgan fingerprint density at radius 2 is 2.12 bits per heavy atom. The molecule has 2 nitrogen and oxygen atoms in total. The molecule has 0 spiro atoms. The van der Waals surface area contributed by atoms with Gasteiger partial charge in [-0.2, -0.15) is 0 Å². The van der Waals surface area contributed by atoms with Gasteiger partial charge >= 0.3 is 0 Å². The Kier molecular flexibility index (Phi) is 3.77. The van der Waals surface area contributed by atoms with Crippen LogP contribution < -0.4 is 4.90 Å². The van der Waals surface area contributed by atoms with E-state index in [-0.39, 0.29) is 5.78 Å². The van der Waals surface area contributed by atoms with Crippen molar-refractivity contribution in [1.29, 1.82) is 0 Å². The molecule has 0 saturated carbocycles. The van der Waals surface area contributed by atoms with Gasteiger partial charge in [0.2, 0.25) is 0 Å². The normalized spacial score (nSPS) is 19.6. The fourth-order valence-electron chi connectivity index (χ4n) is 2.18. The van der Waals surface area contributed by atoms with Gasteiger partial charge < -0.3 is 4.90 Å².